The minimum atomic E-state index is -1.04. The molecule has 2 amide bonds. The molecule has 264 valence electrons. The molecule has 2 aliphatic rings. The zero-order valence-electron chi connectivity index (χ0n) is 28.0. The van der Waals surface area contributed by atoms with Crippen LogP contribution in [0.3, 0.4) is 0 Å². The number of allylic oxidation sites excluding steroid dienone is 1. The Morgan fingerprint density at radius 1 is 1.14 bits per heavy atom. The number of halogens is 2. The number of carbonyl (C=O) groups is 2. The van der Waals surface area contributed by atoms with E-state index in [9.17, 15) is 24.2 Å². The summed E-state index contributed by atoms with van der Waals surface area (Å²) in [6.07, 6.45) is 4.50. The highest BCUT2D eigenvalue weighted by molar-refractivity contribution is 6.34. The van der Waals surface area contributed by atoms with Crippen LogP contribution < -0.4 is 15.4 Å². The predicted octanol–water partition coefficient (Wildman–Crippen LogP) is 4.76. The Morgan fingerprint density at radius 2 is 1.86 bits per heavy atom. The number of amidine groups is 1. The van der Waals surface area contributed by atoms with Crippen molar-refractivity contribution >= 4 is 40.6 Å². The quantitative estimate of drug-likeness (QED) is 0.202. The fraction of sp³-hybridized carbons (Fsp3) is 0.417. The molecule has 4 rings (SSSR count). The number of aliphatic hydroxyl groups is 3. The second-order valence-electron chi connectivity index (χ2n) is 12.4. The number of nitrogens with zero attached hydrogens (tertiary/aromatic N) is 3. The van der Waals surface area contributed by atoms with Crippen molar-refractivity contribution < 1.29 is 34.0 Å². The standard InChI is InChI=1S/C36H45ClFN5O6/c1-22(2)19-30(25-5-8-33(49-4)29(38)20-25)43-17-14-39-34(23(43)3)41-26-6-7-27(28(37)21-26)36(48)42-15-10-24(11-16-42)35(47)40-13-9-31(45)32(46)12-18-44/h5-8,14,17,19-22,24,31-32,44-46H,3,9-13,15-16,18H2,1-2,4H3,(H,39,41)(H,40,47)/b30-19-. The Labute approximate surface area is 291 Å². The highest BCUT2D eigenvalue weighted by atomic mass is 35.5. The van der Waals surface area contributed by atoms with Gasteiger partial charge in [-0.25, -0.2) is 9.38 Å². The molecule has 2 heterocycles. The summed E-state index contributed by atoms with van der Waals surface area (Å²) in [6.45, 7) is 9.03. The maximum Gasteiger partial charge on any atom is 0.255 e. The van der Waals surface area contributed by atoms with E-state index in [2.05, 4.69) is 22.2 Å². The number of hydrogen-bond acceptors (Lipinski definition) is 9. The van der Waals surface area contributed by atoms with Gasteiger partial charge in [-0.15, -0.1) is 0 Å². The molecule has 0 aromatic heterocycles. The Kier molecular flexibility index (Phi) is 13.4. The van der Waals surface area contributed by atoms with Crippen molar-refractivity contribution in [3.8, 4) is 5.75 Å². The number of likely N-dealkylation sites (tertiary alicyclic amines) is 1. The van der Waals surface area contributed by atoms with E-state index in [1.54, 1.807) is 47.6 Å². The van der Waals surface area contributed by atoms with E-state index in [1.807, 2.05) is 24.8 Å². The number of benzene rings is 2. The van der Waals surface area contributed by atoms with Crippen molar-refractivity contribution in [2.75, 3.05) is 38.7 Å². The third-order valence-electron chi connectivity index (χ3n) is 8.41. The lowest BCUT2D eigenvalue weighted by molar-refractivity contribution is -0.126. The van der Waals surface area contributed by atoms with E-state index in [4.69, 9.17) is 21.4 Å². The maximum atomic E-state index is 14.7. The molecule has 2 unspecified atom stereocenters. The van der Waals surface area contributed by atoms with Crippen molar-refractivity contribution in [3.05, 3.63) is 89.1 Å². The van der Waals surface area contributed by atoms with Crippen LogP contribution in [-0.2, 0) is 4.79 Å². The number of carbonyl (C=O) groups excluding carboxylic acids is 2. The van der Waals surface area contributed by atoms with Crippen LogP contribution in [0.25, 0.3) is 5.70 Å². The maximum absolute atomic E-state index is 14.7. The summed E-state index contributed by atoms with van der Waals surface area (Å²) in [5.74, 6) is -0.409. The first-order chi connectivity index (χ1) is 23.4. The lowest BCUT2D eigenvalue weighted by Gasteiger charge is -2.32. The number of aliphatic hydroxyl groups excluding tert-OH is 3. The van der Waals surface area contributed by atoms with Crippen molar-refractivity contribution in [2.45, 2.75) is 51.7 Å². The van der Waals surface area contributed by atoms with Gasteiger partial charge in [0.2, 0.25) is 5.91 Å². The molecule has 0 spiro atoms. The number of nitrogens with one attached hydrogen (secondary N) is 2. The fourth-order valence-corrected chi connectivity index (χ4v) is 5.92. The lowest BCUT2D eigenvalue weighted by atomic mass is 9.95. The molecule has 1 fully saturated rings. The highest BCUT2D eigenvalue weighted by Crippen LogP contribution is 2.31. The van der Waals surface area contributed by atoms with Gasteiger partial charge in [0, 0.05) is 61.5 Å². The summed E-state index contributed by atoms with van der Waals surface area (Å²) < 4.78 is 19.7. The molecular weight excluding hydrogens is 653 g/mol. The summed E-state index contributed by atoms with van der Waals surface area (Å²) in [5.41, 5.74) is 2.80. The number of rotatable bonds is 13. The van der Waals surface area contributed by atoms with Crippen LogP contribution in [0.15, 0.2) is 72.1 Å². The monoisotopic (exact) mass is 697 g/mol. The van der Waals surface area contributed by atoms with Crippen molar-refractivity contribution in [1.29, 1.82) is 0 Å². The molecule has 11 nitrogen and oxygen atoms in total. The van der Waals surface area contributed by atoms with Crippen LogP contribution in [0.4, 0.5) is 10.1 Å². The summed E-state index contributed by atoms with van der Waals surface area (Å²) >= 11 is 6.61. The second-order valence-corrected chi connectivity index (χ2v) is 12.8. The summed E-state index contributed by atoms with van der Waals surface area (Å²) in [5, 5.41) is 34.8. The Morgan fingerprint density at radius 3 is 2.49 bits per heavy atom. The number of aliphatic imine (C=N–C) groups is 1. The number of anilines is 1. The van der Waals surface area contributed by atoms with Crippen LogP contribution in [0.5, 0.6) is 5.75 Å². The molecule has 2 aromatic carbocycles. The van der Waals surface area contributed by atoms with Gasteiger partial charge in [-0.3, -0.25) is 9.59 Å². The molecule has 2 atom stereocenters. The van der Waals surface area contributed by atoms with Gasteiger partial charge in [-0.1, -0.05) is 38.1 Å². The van der Waals surface area contributed by atoms with Gasteiger partial charge < -0.3 is 40.5 Å². The topological polar surface area (TPSA) is 147 Å². The van der Waals surface area contributed by atoms with Crippen LogP contribution in [-0.4, -0.2) is 88.3 Å². The van der Waals surface area contributed by atoms with Gasteiger partial charge >= 0.3 is 0 Å². The minimum Gasteiger partial charge on any atom is -0.494 e. The van der Waals surface area contributed by atoms with Gasteiger partial charge in [0.15, 0.2) is 17.4 Å². The third kappa shape index (κ3) is 9.69. The van der Waals surface area contributed by atoms with E-state index in [0.29, 0.717) is 54.3 Å². The molecule has 0 bridgehead atoms. The first kappa shape index (κ1) is 37.6. The highest BCUT2D eigenvalue weighted by Gasteiger charge is 2.29. The normalized spacial score (nSPS) is 16.8. The zero-order valence-corrected chi connectivity index (χ0v) is 28.8. The lowest BCUT2D eigenvalue weighted by Crippen LogP contribution is -2.43. The number of ether oxygens (including phenoxy) is 1. The van der Waals surface area contributed by atoms with Gasteiger partial charge in [0.25, 0.3) is 5.91 Å². The summed E-state index contributed by atoms with van der Waals surface area (Å²) in [6, 6.07) is 9.80. The zero-order chi connectivity index (χ0) is 35.7. The minimum absolute atomic E-state index is 0.0690. The average molecular weight is 698 g/mol. The molecule has 0 saturated carbocycles. The molecule has 1 saturated heterocycles. The van der Waals surface area contributed by atoms with E-state index in [-0.39, 0.29) is 60.4 Å². The van der Waals surface area contributed by atoms with Crippen molar-refractivity contribution in [1.82, 2.24) is 15.1 Å². The first-order valence-corrected chi connectivity index (χ1v) is 16.7. The summed E-state index contributed by atoms with van der Waals surface area (Å²) in [7, 11) is 1.42. The molecule has 2 aliphatic heterocycles. The molecule has 0 radical (unpaired) electrons. The number of methoxy groups -OCH3 is 1. The van der Waals surface area contributed by atoms with Crippen LogP contribution in [0.2, 0.25) is 5.02 Å². The molecule has 2 aromatic rings. The van der Waals surface area contributed by atoms with Crippen LogP contribution >= 0.6 is 11.6 Å². The Bertz CT molecular complexity index is 1600. The van der Waals surface area contributed by atoms with Crippen LogP contribution in [0, 0.1) is 17.7 Å². The predicted molar refractivity (Wildman–Crippen MR) is 188 cm³/mol. The van der Waals surface area contributed by atoms with E-state index in [1.165, 1.54) is 13.2 Å². The number of hydrogen-bond donors (Lipinski definition) is 5. The largest absolute Gasteiger partial charge is 0.494 e. The fourth-order valence-electron chi connectivity index (χ4n) is 5.66. The van der Waals surface area contributed by atoms with Gasteiger partial charge in [-0.05, 0) is 68.0 Å². The van der Waals surface area contributed by atoms with Crippen molar-refractivity contribution in [3.63, 3.8) is 0 Å². The van der Waals surface area contributed by atoms with Crippen LogP contribution in [0.1, 0.15) is 55.5 Å². The second kappa shape index (κ2) is 17.4. The Balaban J connectivity index is 1.35. The number of amides is 2. The third-order valence-corrected chi connectivity index (χ3v) is 8.72. The van der Waals surface area contributed by atoms with E-state index >= 15 is 0 Å². The van der Waals surface area contributed by atoms with Crippen molar-refractivity contribution in [2.24, 2.45) is 16.8 Å². The Hall–Kier alpha value is -4.23. The first-order valence-electron chi connectivity index (χ1n) is 16.3. The van der Waals surface area contributed by atoms with Gasteiger partial charge in [-0.2, -0.15) is 0 Å². The molecular formula is C36H45ClFN5O6. The van der Waals surface area contributed by atoms with E-state index < -0.39 is 18.0 Å². The van der Waals surface area contributed by atoms with Gasteiger partial charge in [0.1, 0.15) is 0 Å². The van der Waals surface area contributed by atoms with E-state index in [0.717, 1.165) is 5.70 Å². The summed E-state index contributed by atoms with van der Waals surface area (Å²) in [4.78, 5) is 34.0. The smallest absolute Gasteiger partial charge is 0.255 e. The average Bonchev–Trinajstić information content (AvgIpc) is 3.08. The molecule has 13 heteroatoms. The molecule has 5 N–H and O–H groups in total. The SMILES string of the molecule is C=C1C(Nc2ccc(C(=O)N3CCC(C(=O)NCCC(O)C(O)CCO)CC3)c(Cl)c2)=NC=CN1/C(=C\C(C)C)c1ccc(OC)c(F)c1. The molecule has 49 heavy (non-hydrogen) atoms. The molecule has 0 aliphatic carbocycles. The number of piperidine rings is 1. The van der Waals surface area contributed by atoms with Gasteiger partial charge in [0.05, 0.1) is 35.6 Å².